The minimum Gasteiger partial charge on any atom is -0.480 e. The number of carboxylic acid groups (broad SMARTS) is 1. The van der Waals surface area contributed by atoms with Gasteiger partial charge in [0.2, 0.25) is 5.91 Å². The molecule has 2 heterocycles. The second-order valence-electron chi connectivity index (χ2n) is 10.8. The van der Waals surface area contributed by atoms with Gasteiger partial charge in [-0.1, -0.05) is 18.2 Å². The summed E-state index contributed by atoms with van der Waals surface area (Å²) in [6.07, 6.45) is 7.84. The van der Waals surface area contributed by atoms with E-state index in [1.807, 2.05) is 0 Å². The lowest BCUT2D eigenvalue weighted by molar-refractivity contribution is -0.142. The van der Waals surface area contributed by atoms with Crippen molar-refractivity contribution in [1.29, 1.82) is 0 Å². The molecule has 1 aromatic heterocycles. The van der Waals surface area contributed by atoms with Crippen molar-refractivity contribution < 1.29 is 19.1 Å². The number of carbonyl (C=O) groups is 2. The Morgan fingerprint density at radius 3 is 2.62 bits per heavy atom. The number of aromatic nitrogens is 1. The SMILES string of the molecule is CC(C)(C(=O)NC(CCN(CCCCc1ccc2c(n1)NCCC2)C1CC1)C(=O)O)c1ccc(F)cc1. The molecule has 1 aliphatic carbocycles. The predicted octanol–water partition coefficient (Wildman–Crippen LogP) is 4.30. The number of hydrogen-bond donors (Lipinski definition) is 3. The van der Waals surface area contributed by atoms with Crippen molar-refractivity contribution in [3.8, 4) is 0 Å². The average molecular weight is 511 g/mol. The monoisotopic (exact) mass is 510 g/mol. The van der Waals surface area contributed by atoms with Crippen molar-refractivity contribution in [2.24, 2.45) is 0 Å². The van der Waals surface area contributed by atoms with Crippen LogP contribution in [0.4, 0.5) is 10.2 Å². The summed E-state index contributed by atoms with van der Waals surface area (Å²) in [6.45, 7) is 5.97. The maximum atomic E-state index is 13.3. The van der Waals surface area contributed by atoms with Crippen molar-refractivity contribution in [1.82, 2.24) is 15.2 Å². The number of anilines is 1. The van der Waals surface area contributed by atoms with E-state index in [0.29, 0.717) is 24.6 Å². The largest absolute Gasteiger partial charge is 0.480 e. The van der Waals surface area contributed by atoms with Crippen LogP contribution < -0.4 is 10.6 Å². The van der Waals surface area contributed by atoms with E-state index in [1.165, 1.54) is 17.7 Å². The quantitative estimate of drug-likeness (QED) is 0.348. The van der Waals surface area contributed by atoms with Gasteiger partial charge < -0.3 is 20.6 Å². The van der Waals surface area contributed by atoms with Crippen molar-refractivity contribution in [3.63, 3.8) is 0 Å². The van der Waals surface area contributed by atoms with Crippen LogP contribution in [0, 0.1) is 5.82 Å². The Hall–Kier alpha value is -3.00. The van der Waals surface area contributed by atoms with Gasteiger partial charge in [-0.15, -0.1) is 0 Å². The number of pyridine rings is 1. The molecule has 1 amide bonds. The van der Waals surface area contributed by atoms with Crippen LogP contribution >= 0.6 is 0 Å². The molecule has 1 atom stereocenters. The molecule has 200 valence electrons. The Labute approximate surface area is 218 Å². The number of amides is 1. The van der Waals surface area contributed by atoms with Crippen molar-refractivity contribution in [2.45, 2.75) is 82.7 Å². The topological polar surface area (TPSA) is 94.6 Å². The summed E-state index contributed by atoms with van der Waals surface area (Å²) >= 11 is 0. The van der Waals surface area contributed by atoms with E-state index < -0.39 is 17.4 Å². The molecule has 37 heavy (non-hydrogen) atoms. The lowest BCUT2D eigenvalue weighted by Gasteiger charge is -2.28. The highest BCUT2D eigenvalue weighted by atomic mass is 19.1. The Kier molecular flexibility index (Phi) is 8.79. The molecule has 7 nitrogen and oxygen atoms in total. The van der Waals surface area contributed by atoms with Crippen LogP contribution in [0.2, 0.25) is 0 Å². The molecule has 4 rings (SSSR count). The summed E-state index contributed by atoms with van der Waals surface area (Å²) in [5, 5.41) is 15.9. The van der Waals surface area contributed by atoms with Gasteiger partial charge in [0.1, 0.15) is 17.7 Å². The van der Waals surface area contributed by atoms with Gasteiger partial charge in [0.25, 0.3) is 0 Å². The fourth-order valence-corrected chi connectivity index (χ4v) is 4.93. The molecular weight excluding hydrogens is 471 g/mol. The number of nitrogens with zero attached hydrogens (tertiary/aromatic N) is 2. The highest BCUT2D eigenvalue weighted by molar-refractivity contribution is 5.90. The van der Waals surface area contributed by atoms with Gasteiger partial charge in [-0.05, 0) is 101 Å². The van der Waals surface area contributed by atoms with E-state index in [0.717, 1.165) is 69.5 Å². The minimum absolute atomic E-state index is 0.342. The summed E-state index contributed by atoms with van der Waals surface area (Å²) in [4.78, 5) is 32.1. The molecular formula is C29H39FN4O3. The Bertz CT molecular complexity index is 1090. The number of aryl methyl sites for hydroxylation is 2. The standard InChI is InChI=1S/C29H39FN4O3/c1-29(2,21-9-11-22(30)12-10-21)28(37)33-25(27(35)36)16-19-34(24-14-15-24)18-4-3-7-23-13-8-20-6-5-17-31-26(20)32-23/h8-13,24-25H,3-7,14-19H2,1-2H3,(H,31,32)(H,33,37)(H,35,36). The molecule has 1 saturated carbocycles. The normalized spacial score (nSPS) is 16.1. The molecule has 0 radical (unpaired) electrons. The third kappa shape index (κ3) is 7.28. The Balaban J connectivity index is 1.26. The van der Waals surface area contributed by atoms with E-state index in [-0.39, 0.29) is 11.7 Å². The Morgan fingerprint density at radius 1 is 1.16 bits per heavy atom. The number of nitrogens with one attached hydrogen (secondary N) is 2. The molecule has 1 aromatic carbocycles. The first-order valence-corrected chi connectivity index (χ1v) is 13.5. The summed E-state index contributed by atoms with van der Waals surface area (Å²) in [5.74, 6) is -0.755. The third-order valence-electron chi connectivity index (χ3n) is 7.59. The molecule has 0 spiro atoms. The van der Waals surface area contributed by atoms with Crippen LogP contribution in [-0.2, 0) is 27.8 Å². The number of rotatable bonds is 13. The molecule has 1 aliphatic heterocycles. The molecule has 0 bridgehead atoms. The predicted molar refractivity (Wildman–Crippen MR) is 142 cm³/mol. The van der Waals surface area contributed by atoms with Crippen LogP contribution in [0.1, 0.15) is 69.2 Å². The van der Waals surface area contributed by atoms with Gasteiger partial charge >= 0.3 is 5.97 Å². The molecule has 0 saturated heterocycles. The fourth-order valence-electron chi connectivity index (χ4n) is 4.93. The van der Waals surface area contributed by atoms with Gasteiger partial charge in [-0.25, -0.2) is 14.2 Å². The second kappa shape index (κ2) is 12.0. The van der Waals surface area contributed by atoms with Crippen LogP contribution in [0.25, 0.3) is 0 Å². The van der Waals surface area contributed by atoms with E-state index in [4.69, 9.17) is 4.98 Å². The first kappa shape index (κ1) is 27.0. The van der Waals surface area contributed by atoms with Crippen molar-refractivity contribution >= 4 is 17.7 Å². The highest BCUT2D eigenvalue weighted by Gasteiger charge is 2.34. The van der Waals surface area contributed by atoms with E-state index in [1.54, 1.807) is 26.0 Å². The number of aliphatic carboxylic acids is 1. The number of unbranched alkanes of at least 4 members (excludes halogenated alkanes) is 1. The molecule has 3 N–H and O–H groups in total. The summed E-state index contributed by atoms with van der Waals surface area (Å²) in [6, 6.07) is 9.62. The zero-order valence-electron chi connectivity index (χ0n) is 21.9. The van der Waals surface area contributed by atoms with Crippen LogP contribution in [-0.4, -0.2) is 58.6 Å². The molecule has 2 aliphatic rings. The minimum atomic E-state index is -1.04. The van der Waals surface area contributed by atoms with Crippen LogP contribution in [0.15, 0.2) is 36.4 Å². The average Bonchev–Trinajstić information content (AvgIpc) is 3.73. The van der Waals surface area contributed by atoms with Crippen LogP contribution in [0.5, 0.6) is 0 Å². The van der Waals surface area contributed by atoms with Gasteiger partial charge in [-0.3, -0.25) is 4.79 Å². The summed E-state index contributed by atoms with van der Waals surface area (Å²) in [5.41, 5.74) is 2.08. The first-order valence-electron chi connectivity index (χ1n) is 13.5. The number of carbonyl (C=O) groups excluding carboxylic acids is 1. The van der Waals surface area contributed by atoms with Gasteiger partial charge in [0, 0.05) is 24.8 Å². The fraction of sp³-hybridized carbons (Fsp3) is 0.552. The second-order valence-corrected chi connectivity index (χ2v) is 10.8. The molecule has 1 unspecified atom stereocenters. The van der Waals surface area contributed by atoms with Crippen molar-refractivity contribution in [3.05, 3.63) is 59.0 Å². The third-order valence-corrected chi connectivity index (χ3v) is 7.59. The zero-order valence-corrected chi connectivity index (χ0v) is 21.9. The Morgan fingerprint density at radius 2 is 1.92 bits per heavy atom. The molecule has 8 heteroatoms. The summed E-state index contributed by atoms with van der Waals surface area (Å²) in [7, 11) is 0. The summed E-state index contributed by atoms with van der Waals surface area (Å²) < 4.78 is 13.3. The van der Waals surface area contributed by atoms with E-state index in [9.17, 15) is 19.1 Å². The van der Waals surface area contributed by atoms with Gasteiger partial charge in [-0.2, -0.15) is 0 Å². The number of hydrogen-bond acceptors (Lipinski definition) is 5. The number of benzene rings is 1. The van der Waals surface area contributed by atoms with Crippen LogP contribution in [0.3, 0.4) is 0 Å². The van der Waals surface area contributed by atoms with Gasteiger partial charge in [0.15, 0.2) is 0 Å². The van der Waals surface area contributed by atoms with Crippen molar-refractivity contribution in [2.75, 3.05) is 25.0 Å². The maximum absolute atomic E-state index is 13.3. The number of halogens is 1. The lowest BCUT2D eigenvalue weighted by atomic mass is 9.83. The van der Waals surface area contributed by atoms with E-state index >= 15 is 0 Å². The van der Waals surface area contributed by atoms with E-state index in [2.05, 4.69) is 27.7 Å². The first-order chi connectivity index (χ1) is 17.7. The lowest BCUT2D eigenvalue weighted by Crippen LogP contribution is -2.49. The zero-order chi connectivity index (χ0) is 26.4. The molecule has 2 aromatic rings. The van der Waals surface area contributed by atoms with Gasteiger partial charge in [0.05, 0.1) is 5.41 Å². The number of carboxylic acids is 1. The highest BCUT2D eigenvalue weighted by Crippen LogP contribution is 2.28. The maximum Gasteiger partial charge on any atom is 0.326 e. The smallest absolute Gasteiger partial charge is 0.326 e. The molecule has 1 fully saturated rings. The number of fused-ring (bicyclic) bond motifs is 1.